The number of likely N-dealkylation sites (tertiary alicyclic amines) is 1. The monoisotopic (exact) mass is 283 g/mol. The fourth-order valence-corrected chi connectivity index (χ4v) is 3.09. The molecule has 2 N–H and O–H groups in total. The number of hydrogen-bond acceptors (Lipinski definition) is 4. The highest BCUT2D eigenvalue weighted by molar-refractivity contribution is 7.11. The Hall–Kier alpha value is -1.14. The summed E-state index contributed by atoms with van der Waals surface area (Å²) in [4.78, 5) is 19.2. The van der Waals surface area contributed by atoms with Crippen molar-refractivity contribution < 1.29 is 9.90 Å². The molecule has 1 aliphatic heterocycles. The fourth-order valence-electron chi connectivity index (χ4n) is 2.30. The van der Waals surface area contributed by atoms with Gasteiger partial charge in [0, 0.05) is 43.7 Å². The molecule has 2 amide bonds. The van der Waals surface area contributed by atoms with Crippen LogP contribution in [0.2, 0.25) is 0 Å². The highest BCUT2D eigenvalue weighted by Crippen LogP contribution is 2.15. The summed E-state index contributed by atoms with van der Waals surface area (Å²) >= 11 is 1.67. The van der Waals surface area contributed by atoms with Gasteiger partial charge in [0.05, 0.1) is 5.01 Å². The van der Waals surface area contributed by atoms with Crippen LogP contribution in [0.4, 0.5) is 4.79 Å². The standard InChI is InChI=1S/C13H21N3O2S/c1-10-7-15-12(19-10)4-5-14-13(18)16-6-2-3-11(8-16)9-17/h7,11,17H,2-6,8-9H2,1H3,(H,14,18). The van der Waals surface area contributed by atoms with E-state index in [0.717, 1.165) is 30.8 Å². The molecule has 2 heterocycles. The van der Waals surface area contributed by atoms with E-state index in [4.69, 9.17) is 5.11 Å². The summed E-state index contributed by atoms with van der Waals surface area (Å²) in [6.07, 6.45) is 4.63. The molecule has 2 rings (SSSR count). The summed E-state index contributed by atoms with van der Waals surface area (Å²) in [6.45, 7) is 4.27. The maximum Gasteiger partial charge on any atom is 0.317 e. The maximum absolute atomic E-state index is 12.0. The molecule has 1 atom stereocenters. The van der Waals surface area contributed by atoms with Gasteiger partial charge in [0.25, 0.3) is 0 Å². The molecule has 5 nitrogen and oxygen atoms in total. The van der Waals surface area contributed by atoms with Crippen molar-refractivity contribution in [3.05, 3.63) is 16.1 Å². The van der Waals surface area contributed by atoms with Crippen LogP contribution in [0.1, 0.15) is 22.7 Å². The van der Waals surface area contributed by atoms with E-state index < -0.39 is 0 Å². The first kappa shape index (κ1) is 14.3. The summed E-state index contributed by atoms with van der Waals surface area (Å²) in [7, 11) is 0. The molecule has 0 aromatic carbocycles. The minimum atomic E-state index is -0.0218. The highest BCUT2D eigenvalue weighted by atomic mass is 32.1. The van der Waals surface area contributed by atoms with Crippen LogP contribution >= 0.6 is 11.3 Å². The normalized spacial score (nSPS) is 19.5. The predicted octanol–water partition coefficient (Wildman–Crippen LogP) is 1.41. The number of rotatable bonds is 4. The number of aliphatic hydroxyl groups is 1. The lowest BCUT2D eigenvalue weighted by Gasteiger charge is -2.31. The Kier molecular flexibility index (Phi) is 5.15. The van der Waals surface area contributed by atoms with Crippen LogP contribution in [-0.4, -0.2) is 47.3 Å². The molecular weight excluding hydrogens is 262 g/mol. The maximum atomic E-state index is 12.0. The van der Waals surface area contributed by atoms with Crippen molar-refractivity contribution >= 4 is 17.4 Å². The number of nitrogens with zero attached hydrogens (tertiary/aromatic N) is 2. The Morgan fingerprint density at radius 3 is 3.21 bits per heavy atom. The van der Waals surface area contributed by atoms with Crippen molar-refractivity contribution in [1.29, 1.82) is 0 Å². The van der Waals surface area contributed by atoms with Gasteiger partial charge in [0.2, 0.25) is 0 Å². The van der Waals surface area contributed by atoms with Crippen molar-refractivity contribution in [3.63, 3.8) is 0 Å². The zero-order chi connectivity index (χ0) is 13.7. The third-order valence-corrected chi connectivity index (χ3v) is 4.32. The fraction of sp³-hybridized carbons (Fsp3) is 0.692. The first-order valence-electron chi connectivity index (χ1n) is 6.74. The molecule has 1 unspecified atom stereocenters. The van der Waals surface area contributed by atoms with Crippen LogP contribution in [0.5, 0.6) is 0 Å². The van der Waals surface area contributed by atoms with Crippen molar-refractivity contribution in [1.82, 2.24) is 15.2 Å². The van der Waals surface area contributed by atoms with Crippen LogP contribution in [0.3, 0.4) is 0 Å². The second-order valence-corrected chi connectivity index (χ2v) is 6.30. The number of thiazole rings is 1. The number of aromatic nitrogens is 1. The molecule has 6 heteroatoms. The van der Waals surface area contributed by atoms with Gasteiger partial charge in [-0.3, -0.25) is 0 Å². The van der Waals surface area contributed by atoms with Gasteiger partial charge in [-0.1, -0.05) is 0 Å². The number of nitrogens with one attached hydrogen (secondary N) is 1. The van der Waals surface area contributed by atoms with Crippen LogP contribution in [-0.2, 0) is 6.42 Å². The van der Waals surface area contributed by atoms with Crippen molar-refractivity contribution in [2.75, 3.05) is 26.2 Å². The van der Waals surface area contributed by atoms with Crippen LogP contribution in [0.25, 0.3) is 0 Å². The van der Waals surface area contributed by atoms with Gasteiger partial charge in [-0.15, -0.1) is 11.3 Å². The van der Waals surface area contributed by atoms with E-state index in [1.165, 1.54) is 4.88 Å². The summed E-state index contributed by atoms with van der Waals surface area (Å²) < 4.78 is 0. The average Bonchev–Trinajstić information content (AvgIpc) is 2.84. The number of aryl methyl sites for hydroxylation is 1. The third-order valence-electron chi connectivity index (χ3n) is 3.35. The summed E-state index contributed by atoms with van der Waals surface area (Å²) in [6, 6.07) is -0.0218. The second-order valence-electron chi connectivity index (χ2n) is 4.98. The first-order valence-corrected chi connectivity index (χ1v) is 7.55. The Balaban J connectivity index is 1.72. The van der Waals surface area contributed by atoms with Gasteiger partial charge in [-0.2, -0.15) is 0 Å². The van der Waals surface area contributed by atoms with Crippen LogP contribution in [0.15, 0.2) is 6.20 Å². The molecule has 0 bridgehead atoms. The second kappa shape index (κ2) is 6.86. The Labute approximate surface area is 117 Å². The molecule has 0 spiro atoms. The number of hydrogen-bond donors (Lipinski definition) is 2. The molecule has 0 radical (unpaired) electrons. The van der Waals surface area contributed by atoms with Crippen LogP contribution < -0.4 is 5.32 Å². The predicted molar refractivity (Wildman–Crippen MR) is 75.3 cm³/mol. The Morgan fingerprint density at radius 1 is 1.68 bits per heavy atom. The molecule has 1 aromatic heterocycles. The Bertz CT molecular complexity index is 422. The lowest BCUT2D eigenvalue weighted by atomic mass is 9.99. The molecule has 0 aliphatic carbocycles. The number of aliphatic hydroxyl groups excluding tert-OH is 1. The van der Waals surface area contributed by atoms with Crippen LogP contribution in [0, 0.1) is 12.8 Å². The number of carbonyl (C=O) groups is 1. The van der Waals surface area contributed by atoms with Gasteiger partial charge >= 0.3 is 6.03 Å². The lowest BCUT2D eigenvalue weighted by molar-refractivity contribution is 0.129. The quantitative estimate of drug-likeness (QED) is 0.878. The van der Waals surface area contributed by atoms with Crippen molar-refractivity contribution in [2.45, 2.75) is 26.2 Å². The van der Waals surface area contributed by atoms with Gasteiger partial charge < -0.3 is 15.3 Å². The van der Waals surface area contributed by atoms with Gasteiger partial charge in [0.15, 0.2) is 0 Å². The van der Waals surface area contributed by atoms with E-state index in [2.05, 4.69) is 10.3 Å². The molecule has 1 aromatic rings. The number of urea groups is 1. The molecule has 19 heavy (non-hydrogen) atoms. The zero-order valence-electron chi connectivity index (χ0n) is 11.3. The molecule has 106 valence electrons. The third kappa shape index (κ3) is 4.18. The average molecular weight is 283 g/mol. The molecule has 1 fully saturated rings. The van der Waals surface area contributed by atoms with E-state index in [1.807, 2.05) is 13.1 Å². The zero-order valence-corrected chi connectivity index (χ0v) is 12.1. The van der Waals surface area contributed by atoms with E-state index in [9.17, 15) is 4.79 Å². The van der Waals surface area contributed by atoms with E-state index in [1.54, 1.807) is 16.2 Å². The summed E-state index contributed by atoms with van der Waals surface area (Å²) in [5, 5.41) is 13.1. The first-order chi connectivity index (χ1) is 9.19. The summed E-state index contributed by atoms with van der Waals surface area (Å²) in [5.74, 6) is 0.237. The lowest BCUT2D eigenvalue weighted by Crippen LogP contribution is -2.46. The molecule has 1 saturated heterocycles. The van der Waals surface area contributed by atoms with Crippen molar-refractivity contribution in [3.8, 4) is 0 Å². The summed E-state index contributed by atoms with van der Waals surface area (Å²) in [5.41, 5.74) is 0. The van der Waals surface area contributed by atoms with E-state index >= 15 is 0 Å². The Morgan fingerprint density at radius 2 is 2.53 bits per heavy atom. The van der Waals surface area contributed by atoms with Gasteiger partial charge in [-0.05, 0) is 25.7 Å². The minimum Gasteiger partial charge on any atom is -0.396 e. The van der Waals surface area contributed by atoms with Gasteiger partial charge in [0.1, 0.15) is 0 Å². The van der Waals surface area contributed by atoms with Gasteiger partial charge in [-0.25, -0.2) is 9.78 Å². The SMILES string of the molecule is Cc1cnc(CCNC(=O)N2CCCC(CO)C2)s1. The van der Waals surface area contributed by atoms with E-state index in [-0.39, 0.29) is 18.6 Å². The molecular formula is C13H21N3O2S. The smallest absolute Gasteiger partial charge is 0.317 e. The number of amides is 2. The highest BCUT2D eigenvalue weighted by Gasteiger charge is 2.22. The topological polar surface area (TPSA) is 65.5 Å². The molecule has 1 aliphatic rings. The largest absolute Gasteiger partial charge is 0.396 e. The van der Waals surface area contributed by atoms with Crippen molar-refractivity contribution in [2.24, 2.45) is 5.92 Å². The van der Waals surface area contributed by atoms with E-state index in [0.29, 0.717) is 13.1 Å². The molecule has 0 saturated carbocycles. The number of piperidine rings is 1. The number of carbonyl (C=O) groups excluding carboxylic acids is 1. The minimum absolute atomic E-state index is 0.0218.